The Kier molecular flexibility index (Phi) is 4.20. The van der Waals surface area contributed by atoms with E-state index in [1.54, 1.807) is 0 Å². The predicted molar refractivity (Wildman–Crippen MR) is 107 cm³/mol. The molecule has 0 heterocycles. The highest BCUT2D eigenvalue weighted by atomic mass is 16.5. The predicted octanol–water partition coefficient (Wildman–Crippen LogP) is 4.98. The minimum Gasteiger partial charge on any atom is -0.462 e. The summed E-state index contributed by atoms with van der Waals surface area (Å²) >= 11 is 0. The first kappa shape index (κ1) is 19.7. The van der Waals surface area contributed by atoms with Crippen LogP contribution >= 0.6 is 0 Å². The van der Waals surface area contributed by atoms with Crippen molar-refractivity contribution in [1.29, 1.82) is 0 Å². The van der Waals surface area contributed by atoms with E-state index in [1.807, 2.05) is 0 Å². The van der Waals surface area contributed by atoms with Gasteiger partial charge < -0.3 is 9.47 Å². The molecule has 1 spiro atoms. The van der Waals surface area contributed by atoms with Crippen molar-refractivity contribution in [2.75, 3.05) is 0 Å². The highest BCUT2D eigenvalue weighted by molar-refractivity contribution is 5.67. The average molecular weight is 387 g/mol. The van der Waals surface area contributed by atoms with E-state index in [-0.39, 0.29) is 45.8 Å². The summed E-state index contributed by atoms with van der Waals surface area (Å²) in [6.45, 7) is 12.3. The maximum absolute atomic E-state index is 12.0. The molecular formula is C24H34O4. The lowest BCUT2D eigenvalue weighted by molar-refractivity contribution is -0.202. The van der Waals surface area contributed by atoms with Gasteiger partial charge in [0.25, 0.3) is 0 Å². The Morgan fingerprint density at radius 1 is 1.00 bits per heavy atom. The summed E-state index contributed by atoms with van der Waals surface area (Å²) in [5, 5.41) is 0. The monoisotopic (exact) mass is 386 g/mol. The summed E-state index contributed by atoms with van der Waals surface area (Å²) in [7, 11) is 0. The van der Waals surface area contributed by atoms with Crippen molar-refractivity contribution in [3.63, 3.8) is 0 Å². The fourth-order valence-corrected chi connectivity index (χ4v) is 7.21. The van der Waals surface area contributed by atoms with Crippen molar-refractivity contribution >= 4 is 11.9 Å². The van der Waals surface area contributed by atoms with E-state index < -0.39 is 0 Å². The third-order valence-corrected chi connectivity index (χ3v) is 8.70. The highest BCUT2D eigenvalue weighted by Gasteiger charge is 2.69. The van der Waals surface area contributed by atoms with Crippen LogP contribution in [0.5, 0.6) is 0 Å². The van der Waals surface area contributed by atoms with Gasteiger partial charge in [-0.15, -0.1) is 0 Å². The maximum atomic E-state index is 12.0. The van der Waals surface area contributed by atoms with E-state index in [4.69, 9.17) is 9.47 Å². The van der Waals surface area contributed by atoms with Gasteiger partial charge in [-0.1, -0.05) is 51.5 Å². The molecule has 0 amide bonds. The van der Waals surface area contributed by atoms with Gasteiger partial charge in [-0.05, 0) is 43.4 Å². The molecular weight excluding hydrogens is 352 g/mol. The summed E-state index contributed by atoms with van der Waals surface area (Å²) in [6.07, 6.45) is 11.5. The number of carbonyl (C=O) groups is 2. The lowest BCUT2D eigenvalue weighted by Gasteiger charge is -2.68. The highest BCUT2D eigenvalue weighted by Crippen LogP contribution is 2.72. The molecule has 0 aliphatic heterocycles. The molecule has 0 aromatic heterocycles. The molecule has 5 rings (SSSR count). The fraction of sp³-hybridized carbons (Fsp3) is 0.750. The summed E-state index contributed by atoms with van der Waals surface area (Å²) in [4.78, 5) is 23.8. The van der Waals surface area contributed by atoms with Crippen molar-refractivity contribution < 1.29 is 19.1 Å². The molecule has 4 nitrogen and oxygen atoms in total. The van der Waals surface area contributed by atoms with Gasteiger partial charge in [0, 0.05) is 30.1 Å². The Morgan fingerprint density at radius 3 is 2.29 bits per heavy atom. The second-order valence-corrected chi connectivity index (χ2v) is 10.7. The molecule has 0 unspecified atom stereocenters. The number of esters is 2. The van der Waals surface area contributed by atoms with Crippen LogP contribution in [0.2, 0.25) is 0 Å². The molecule has 0 saturated heterocycles. The zero-order valence-electron chi connectivity index (χ0n) is 18.1. The van der Waals surface area contributed by atoms with Gasteiger partial charge in [-0.3, -0.25) is 9.59 Å². The van der Waals surface area contributed by atoms with Crippen LogP contribution in [0.15, 0.2) is 23.8 Å². The summed E-state index contributed by atoms with van der Waals surface area (Å²) in [6, 6.07) is 0. The molecule has 4 heteroatoms. The van der Waals surface area contributed by atoms with E-state index in [9.17, 15) is 9.59 Å². The summed E-state index contributed by atoms with van der Waals surface area (Å²) < 4.78 is 11.8. The van der Waals surface area contributed by atoms with Crippen LogP contribution in [0.25, 0.3) is 0 Å². The van der Waals surface area contributed by atoms with Crippen molar-refractivity contribution in [2.45, 2.75) is 85.9 Å². The third-order valence-electron chi connectivity index (χ3n) is 8.70. The smallest absolute Gasteiger partial charge is 0.302 e. The van der Waals surface area contributed by atoms with E-state index in [0.29, 0.717) is 5.92 Å². The molecule has 5 aliphatic rings. The second-order valence-electron chi connectivity index (χ2n) is 10.7. The largest absolute Gasteiger partial charge is 0.462 e. The Hall–Kier alpha value is -1.58. The van der Waals surface area contributed by atoms with Gasteiger partial charge in [0.2, 0.25) is 0 Å². The molecule has 5 aliphatic carbocycles. The van der Waals surface area contributed by atoms with Crippen molar-refractivity contribution in [2.24, 2.45) is 27.6 Å². The van der Waals surface area contributed by atoms with Gasteiger partial charge in [-0.2, -0.15) is 0 Å². The van der Waals surface area contributed by atoms with Crippen LogP contribution < -0.4 is 0 Å². The second kappa shape index (κ2) is 5.96. The number of rotatable bonds is 2. The first-order chi connectivity index (χ1) is 12.9. The fourth-order valence-electron chi connectivity index (χ4n) is 7.21. The maximum Gasteiger partial charge on any atom is 0.302 e. The molecule has 2 fully saturated rings. The molecule has 0 aromatic carbocycles. The molecule has 2 bridgehead atoms. The van der Waals surface area contributed by atoms with Gasteiger partial charge in [0.05, 0.1) is 0 Å². The average Bonchev–Trinajstić information content (AvgIpc) is 2.57. The molecule has 0 radical (unpaired) electrons. The topological polar surface area (TPSA) is 52.6 Å². The minimum absolute atomic E-state index is 0.114. The van der Waals surface area contributed by atoms with Crippen LogP contribution in [0, 0.1) is 27.6 Å². The zero-order valence-corrected chi connectivity index (χ0v) is 18.1. The van der Waals surface area contributed by atoms with Crippen molar-refractivity contribution in [1.82, 2.24) is 0 Å². The van der Waals surface area contributed by atoms with E-state index >= 15 is 0 Å². The van der Waals surface area contributed by atoms with E-state index in [1.165, 1.54) is 19.4 Å². The quantitative estimate of drug-likeness (QED) is 0.496. The van der Waals surface area contributed by atoms with Gasteiger partial charge >= 0.3 is 11.9 Å². The van der Waals surface area contributed by atoms with E-state index in [2.05, 4.69) is 45.9 Å². The third kappa shape index (κ3) is 2.48. The Labute approximate surface area is 168 Å². The number of ether oxygens (including phenoxy) is 2. The number of hydrogen-bond donors (Lipinski definition) is 0. The van der Waals surface area contributed by atoms with Crippen LogP contribution in [0.4, 0.5) is 0 Å². The summed E-state index contributed by atoms with van der Waals surface area (Å²) in [5.74, 6) is -0.00628. The van der Waals surface area contributed by atoms with E-state index in [0.717, 1.165) is 32.1 Å². The summed E-state index contributed by atoms with van der Waals surface area (Å²) in [5.41, 5.74) is 1.05. The Morgan fingerprint density at radius 2 is 1.64 bits per heavy atom. The number of carbonyl (C=O) groups excluding carboxylic acids is 2. The normalized spacial score (nSPS) is 45.5. The lowest BCUT2D eigenvalue weighted by atomic mass is 9.37. The molecule has 0 aromatic rings. The van der Waals surface area contributed by atoms with Crippen LogP contribution in [-0.2, 0) is 19.1 Å². The molecule has 28 heavy (non-hydrogen) atoms. The molecule has 2 saturated carbocycles. The van der Waals surface area contributed by atoms with Gasteiger partial charge in [-0.25, -0.2) is 0 Å². The first-order valence-electron chi connectivity index (χ1n) is 10.7. The first-order valence-corrected chi connectivity index (χ1v) is 10.7. The van der Waals surface area contributed by atoms with Crippen LogP contribution in [-0.4, -0.2) is 24.1 Å². The van der Waals surface area contributed by atoms with Gasteiger partial charge in [0.1, 0.15) is 12.2 Å². The van der Waals surface area contributed by atoms with Crippen LogP contribution in [0.3, 0.4) is 0 Å². The molecule has 154 valence electrons. The minimum atomic E-state index is -0.217. The zero-order chi connectivity index (χ0) is 20.5. The Balaban J connectivity index is 1.87. The standard InChI is InChI=1S/C24H34O4/c1-15(25)27-19-9-10-21(3,4)18-8-7-17-13-22(5)11-12-24(17,23(18,19)6)14-20(22)28-16(2)26/h7,11-12,18-20H,8-10,13-14H2,1-6H3/t18-,19+,20-,22-,23+,24+/m1/s1. The molecule has 6 atom stereocenters. The van der Waals surface area contributed by atoms with Crippen molar-refractivity contribution in [3.8, 4) is 0 Å². The number of hydrogen-bond acceptors (Lipinski definition) is 4. The van der Waals surface area contributed by atoms with Gasteiger partial charge in [0.15, 0.2) is 0 Å². The SMILES string of the molecule is CC(=O)O[C@H]1CCC(C)(C)[C@H]2CC=C3C[C@@]4(C)C=C[C@@]3(C[C@H]4OC(C)=O)[C@]12C. The molecule has 0 N–H and O–H groups in total. The van der Waals surface area contributed by atoms with Crippen molar-refractivity contribution in [3.05, 3.63) is 23.8 Å². The van der Waals surface area contributed by atoms with Crippen LogP contribution in [0.1, 0.15) is 73.6 Å². The number of allylic oxidation sites excluding steroid dienone is 3. The number of fused-ring (bicyclic) bond motifs is 2. The Bertz CT molecular complexity index is 777. The lowest BCUT2D eigenvalue weighted by Crippen LogP contribution is -2.66.